The number of anilines is 1. The lowest BCUT2D eigenvalue weighted by Crippen LogP contribution is -2.31. The summed E-state index contributed by atoms with van der Waals surface area (Å²) in [5.74, 6) is 0.0654. The molecule has 0 saturated carbocycles. The molecular formula is C30H42N2O2. The van der Waals surface area contributed by atoms with Gasteiger partial charge in [-0.3, -0.25) is 9.59 Å². The average Bonchev–Trinajstić information content (AvgIpc) is 3.17. The van der Waals surface area contributed by atoms with Crippen LogP contribution >= 0.6 is 0 Å². The van der Waals surface area contributed by atoms with E-state index in [1.807, 2.05) is 35.2 Å². The molecule has 1 heterocycles. The Bertz CT molecular complexity index is 878. The molecule has 3 rings (SSSR count). The zero-order chi connectivity index (χ0) is 24.2. The molecule has 0 aliphatic carbocycles. The van der Waals surface area contributed by atoms with Crippen molar-refractivity contribution in [1.82, 2.24) is 5.32 Å². The number of aryl methyl sites for hydroxylation is 1. The number of nitrogens with one attached hydrogen (secondary N) is 1. The van der Waals surface area contributed by atoms with Crippen molar-refractivity contribution in [3.8, 4) is 0 Å². The lowest BCUT2D eigenvalue weighted by atomic mass is 9.87. The van der Waals surface area contributed by atoms with Crippen LogP contribution in [-0.4, -0.2) is 18.4 Å². The Morgan fingerprint density at radius 3 is 2.29 bits per heavy atom. The minimum Gasteiger partial charge on any atom is -0.352 e. The van der Waals surface area contributed by atoms with Gasteiger partial charge in [0, 0.05) is 25.2 Å². The highest BCUT2D eigenvalue weighted by molar-refractivity contribution is 5.99. The molecule has 2 atom stereocenters. The van der Waals surface area contributed by atoms with E-state index in [1.165, 1.54) is 37.7 Å². The highest BCUT2D eigenvalue weighted by Gasteiger charge is 2.41. The third kappa shape index (κ3) is 7.72. The van der Waals surface area contributed by atoms with Gasteiger partial charge in [-0.2, -0.15) is 0 Å². The van der Waals surface area contributed by atoms with Crippen LogP contribution in [0.1, 0.15) is 82.8 Å². The molecule has 0 aromatic heterocycles. The molecule has 1 fully saturated rings. The third-order valence-corrected chi connectivity index (χ3v) is 7.05. The Labute approximate surface area is 206 Å². The predicted molar refractivity (Wildman–Crippen MR) is 141 cm³/mol. The van der Waals surface area contributed by atoms with Crippen LogP contribution in [0, 0.1) is 11.8 Å². The molecule has 0 radical (unpaired) electrons. The number of carbonyl (C=O) groups excluding carboxylic acids is 2. The number of benzene rings is 2. The second kappa shape index (κ2) is 13.9. The summed E-state index contributed by atoms with van der Waals surface area (Å²) in [6.45, 7) is 5.65. The Morgan fingerprint density at radius 2 is 1.59 bits per heavy atom. The highest BCUT2D eigenvalue weighted by atomic mass is 16.2. The first-order chi connectivity index (χ1) is 16.6. The lowest BCUT2D eigenvalue weighted by molar-refractivity contribution is -0.128. The molecule has 1 aliphatic rings. The van der Waals surface area contributed by atoms with Crippen molar-refractivity contribution in [2.24, 2.45) is 11.8 Å². The monoisotopic (exact) mass is 462 g/mol. The maximum Gasteiger partial charge on any atom is 0.230 e. The van der Waals surface area contributed by atoms with Gasteiger partial charge in [-0.1, -0.05) is 94.8 Å². The summed E-state index contributed by atoms with van der Waals surface area (Å²) in [4.78, 5) is 28.1. The Kier molecular flexibility index (Phi) is 10.7. The van der Waals surface area contributed by atoms with E-state index in [0.717, 1.165) is 43.5 Å². The average molecular weight is 463 g/mol. The lowest BCUT2D eigenvalue weighted by Gasteiger charge is -2.17. The SMILES string of the molecule is CCCCCCc1ccc(N2C[C@H](CCCCC)[C@@H](CC(=O)NCc3ccccc3)C2=O)cc1. The van der Waals surface area contributed by atoms with Crippen molar-refractivity contribution in [2.75, 3.05) is 11.4 Å². The summed E-state index contributed by atoms with van der Waals surface area (Å²) in [6, 6.07) is 18.4. The molecule has 34 heavy (non-hydrogen) atoms. The number of rotatable bonds is 14. The van der Waals surface area contributed by atoms with Gasteiger partial charge in [0.15, 0.2) is 0 Å². The topological polar surface area (TPSA) is 49.4 Å². The number of hydrogen-bond donors (Lipinski definition) is 1. The number of carbonyl (C=O) groups is 2. The number of nitrogens with zero attached hydrogens (tertiary/aromatic N) is 1. The minimum absolute atomic E-state index is 0.0352. The fourth-order valence-corrected chi connectivity index (χ4v) is 4.96. The van der Waals surface area contributed by atoms with Gasteiger partial charge in [-0.25, -0.2) is 0 Å². The number of amides is 2. The molecule has 1 saturated heterocycles. The third-order valence-electron chi connectivity index (χ3n) is 7.05. The normalized spacial score (nSPS) is 17.8. The van der Waals surface area contributed by atoms with Gasteiger partial charge >= 0.3 is 0 Å². The summed E-state index contributed by atoms with van der Waals surface area (Å²) >= 11 is 0. The zero-order valence-corrected chi connectivity index (χ0v) is 21.1. The van der Waals surface area contributed by atoms with Crippen molar-refractivity contribution >= 4 is 17.5 Å². The molecule has 1 aliphatic heterocycles. The first-order valence-electron chi connectivity index (χ1n) is 13.3. The molecule has 0 bridgehead atoms. The van der Waals surface area contributed by atoms with Crippen LogP contribution in [0.4, 0.5) is 5.69 Å². The predicted octanol–water partition coefficient (Wildman–Crippen LogP) is 6.68. The first-order valence-corrected chi connectivity index (χ1v) is 13.3. The number of hydrogen-bond acceptors (Lipinski definition) is 2. The van der Waals surface area contributed by atoms with Gasteiger partial charge in [0.2, 0.25) is 11.8 Å². The van der Waals surface area contributed by atoms with E-state index in [1.54, 1.807) is 0 Å². The van der Waals surface area contributed by atoms with Crippen LogP contribution in [0.3, 0.4) is 0 Å². The smallest absolute Gasteiger partial charge is 0.230 e. The van der Waals surface area contributed by atoms with E-state index in [-0.39, 0.29) is 30.1 Å². The van der Waals surface area contributed by atoms with Gasteiger partial charge in [0.1, 0.15) is 0 Å². The Hall–Kier alpha value is -2.62. The van der Waals surface area contributed by atoms with Crippen molar-refractivity contribution in [2.45, 2.75) is 84.6 Å². The van der Waals surface area contributed by atoms with Gasteiger partial charge in [-0.05, 0) is 48.4 Å². The second-order valence-electron chi connectivity index (χ2n) is 9.75. The van der Waals surface area contributed by atoms with Gasteiger partial charge in [-0.15, -0.1) is 0 Å². The molecule has 0 spiro atoms. The van der Waals surface area contributed by atoms with Crippen LogP contribution in [-0.2, 0) is 22.6 Å². The quantitative estimate of drug-likeness (QED) is 0.319. The van der Waals surface area contributed by atoms with E-state index in [9.17, 15) is 9.59 Å². The van der Waals surface area contributed by atoms with Gasteiger partial charge in [0.05, 0.1) is 5.92 Å². The maximum absolute atomic E-state index is 13.4. The van der Waals surface area contributed by atoms with E-state index >= 15 is 0 Å². The van der Waals surface area contributed by atoms with Crippen molar-refractivity contribution < 1.29 is 9.59 Å². The fourth-order valence-electron chi connectivity index (χ4n) is 4.96. The van der Waals surface area contributed by atoms with Crippen LogP contribution in [0.5, 0.6) is 0 Å². The van der Waals surface area contributed by atoms with Crippen molar-refractivity contribution in [3.63, 3.8) is 0 Å². The van der Waals surface area contributed by atoms with E-state index in [4.69, 9.17) is 0 Å². The Balaban J connectivity index is 1.61. The molecule has 4 nitrogen and oxygen atoms in total. The standard InChI is InChI=1S/C30H42N2O2/c1-3-5-7-10-13-24-17-19-27(20-18-24)32-23-26(16-9-6-4-2)28(30(32)34)21-29(33)31-22-25-14-11-8-12-15-25/h8,11-12,14-15,17-20,26,28H,3-7,9-10,13,16,21-23H2,1-2H3,(H,31,33)/t26-,28+/m0/s1. The molecule has 0 unspecified atom stereocenters. The molecular weight excluding hydrogens is 420 g/mol. The summed E-state index contributed by atoms with van der Waals surface area (Å²) in [6.07, 6.45) is 10.8. The highest BCUT2D eigenvalue weighted by Crippen LogP contribution is 2.35. The van der Waals surface area contributed by atoms with Crippen LogP contribution in [0.15, 0.2) is 54.6 Å². The molecule has 184 valence electrons. The Morgan fingerprint density at radius 1 is 0.882 bits per heavy atom. The van der Waals surface area contributed by atoms with E-state index in [2.05, 4.69) is 43.4 Å². The summed E-state index contributed by atoms with van der Waals surface area (Å²) in [5.41, 5.74) is 3.38. The molecule has 2 amide bonds. The van der Waals surface area contributed by atoms with Gasteiger partial charge < -0.3 is 10.2 Å². The van der Waals surface area contributed by atoms with E-state index in [0.29, 0.717) is 6.54 Å². The zero-order valence-electron chi connectivity index (χ0n) is 21.1. The fraction of sp³-hybridized carbons (Fsp3) is 0.533. The minimum atomic E-state index is -0.235. The molecule has 2 aromatic carbocycles. The first kappa shape index (κ1) is 26.0. The summed E-state index contributed by atoms with van der Waals surface area (Å²) in [5, 5.41) is 3.02. The van der Waals surface area contributed by atoms with Crippen LogP contribution in [0.2, 0.25) is 0 Å². The second-order valence-corrected chi connectivity index (χ2v) is 9.75. The van der Waals surface area contributed by atoms with Crippen molar-refractivity contribution in [1.29, 1.82) is 0 Å². The van der Waals surface area contributed by atoms with Crippen LogP contribution in [0.25, 0.3) is 0 Å². The van der Waals surface area contributed by atoms with Crippen LogP contribution < -0.4 is 10.2 Å². The molecule has 4 heteroatoms. The summed E-state index contributed by atoms with van der Waals surface area (Å²) < 4.78 is 0. The summed E-state index contributed by atoms with van der Waals surface area (Å²) in [7, 11) is 0. The van der Waals surface area contributed by atoms with Crippen molar-refractivity contribution in [3.05, 3.63) is 65.7 Å². The largest absolute Gasteiger partial charge is 0.352 e. The van der Waals surface area contributed by atoms with Gasteiger partial charge in [0.25, 0.3) is 0 Å². The van der Waals surface area contributed by atoms with E-state index < -0.39 is 0 Å². The molecule has 1 N–H and O–H groups in total. The maximum atomic E-state index is 13.4. The number of unbranched alkanes of at least 4 members (excludes halogenated alkanes) is 5. The molecule has 2 aromatic rings.